The average Bonchev–Trinajstić information content (AvgIpc) is 2.66. The van der Waals surface area contributed by atoms with Crippen LogP contribution in [0, 0.1) is 6.92 Å². The molecule has 0 aliphatic heterocycles. The van der Waals surface area contributed by atoms with Gasteiger partial charge in [-0.1, -0.05) is 28.1 Å². The van der Waals surface area contributed by atoms with Gasteiger partial charge in [-0.3, -0.25) is 14.4 Å². The minimum atomic E-state index is -0.327. The molecular formula is C20H21BrN2O3S. The number of ketones is 1. The second kappa shape index (κ2) is 10.3. The third-order valence-corrected chi connectivity index (χ3v) is 5.14. The SMILES string of the molecule is CSc1ccc(C(=O)CCC(=O)NCC(=O)Nc2ccc(Br)cc2C)cc1. The maximum atomic E-state index is 12.1. The molecular weight excluding hydrogens is 428 g/mol. The number of carbonyl (C=O) groups is 3. The molecule has 0 aromatic heterocycles. The fraction of sp³-hybridized carbons (Fsp3) is 0.250. The number of benzene rings is 2. The van der Waals surface area contributed by atoms with Gasteiger partial charge in [0.1, 0.15) is 0 Å². The van der Waals surface area contributed by atoms with Crippen LogP contribution in [0.15, 0.2) is 51.8 Å². The quantitative estimate of drug-likeness (QED) is 0.468. The average molecular weight is 449 g/mol. The van der Waals surface area contributed by atoms with E-state index in [0.29, 0.717) is 11.3 Å². The van der Waals surface area contributed by atoms with Crippen LogP contribution >= 0.6 is 27.7 Å². The summed E-state index contributed by atoms with van der Waals surface area (Å²) in [7, 11) is 0. The van der Waals surface area contributed by atoms with Crippen LogP contribution in [-0.2, 0) is 9.59 Å². The van der Waals surface area contributed by atoms with Crippen molar-refractivity contribution in [3.63, 3.8) is 0 Å². The second-order valence-corrected chi connectivity index (χ2v) is 7.73. The number of amides is 2. The lowest BCUT2D eigenvalue weighted by Gasteiger charge is -2.09. The number of thioether (sulfide) groups is 1. The minimum absolute atomic E-state index is 0.0493. The van der Waals surface area contributed by atoms with Gasteiger partial charge in [-0.15, -0.1) is 11.8 Å². The van der Waals surface area contributed by atoms with Crippen molar-refractivity contribution in [2.45, 2.75) is 24.7 Å². The Balaban J connectivity index is 1.74. The molecule has 0 radical (unpaired) electrons. The van der Waals surface area contributed by atoms with E-state index in [0.717, 1.165) is 14.9 Å². The van der Waals surface area contributed by atoms with Crippen LogP contribution in [0.5, 0.6) is 0 Å². The number of carbonyl (C=O) groups excluding carboxylic acids is 3. The van der Waals surface area contributed by atoms with Gasteiger partial charge < -0.3 is 10.6 Å². The highest BCUT2D eigenvalue weighted by Gasteiger charge is 2.11. The molecule has 0 bridgehead atoms. The van der Waals surface area contributed by atoms with Gasteiger partial charge in [0, 0.05) is 33.5 Å². The molecule has 2 N–H and O–H groups in total. The molecule has 0 spiro atoms. The van der Waals surface area contributed by atoms with E-state index < -0.39 is 0 Å². The van der Waals surface area contributed by atoms with E-state index in [1.54, 1.807) is 30.0 Å². The van der Waals surface area contributed by atoms with Gasteiger partial charge in [0.15, 0.2) is 5.78 Å². The van der Waals surface area contributed by atoms with Crippen molar-refractivity contribution >= 4 is 51.0 Å². The molecule has 0 aliphatic carbocycles. The third kappa shape index (κ3) is 6.84. The molecule has 0 aliphatic rings. The fourth-order valence-electron chi connectivity index (χ4n) is 2.38. The molecule has 0 atom stereocenters. The molecule has 27 heavy (non-hydrogen) atoms. The van der Waals surface area contributed by atoms with E-state index in [1.807, 2.05) is 37.4 Å². The number of anilines is 1. The number of rotatable bonds is 8. The van der Waals surface area contributed by atoms with E-state index in [4.69, 9.17) is 0 Å². The van der Waals surface area contributed by atoms with Crippen molar-refractivity contribution in [2.75, 3.05) is 18.1 Å². The normalized spacial score (nSPS) is 10.3. The summed E-state index contributed by atoms with van der Waals surface area (Å²) in [6, 6.07) is 12.8. The zero-order chi connectivity index (χ0) is 19.8. The summed E-state index contributed by atoms with van der Waals surface area (Å²) in [6.45, 7) is 1.75. The van der Waals surface area contributed by atoms with E-state index in [9.17, 15) is 14.4 Å². The Labute approximate surface area is 171 Å². The summed E-state index contributed by atoms with van der Waals surface area (Å²) in [5, 5.41) is 5.29. The zero-order valence-electron chi connectivity index (χ0n) is 15.2. The predicted octanol–water partition coefficient (Wildman–Crippen LogP) is 4.20. The minimum Gasteiger partial charge on any atom is -0.347 e. The Hall–Kier alpha value is -2.12. The van der Waals surface area contributed by atoms with Crippen molar-refractivity contribution in [3.05, 3.63) is 58.1 Å². The Morgan fingerprint density at radius 2 is 1.70 bits per heavy atom. The molecule has 0 saturated heterocycles. The molecule has 5 nitrogen and oxygen atoms in total. The molecule has 0 saturated carbocycles. The molecule has 2 amide bonds. The molecule has 2 rings (SSSR count). The maximum absolute atomic E-state index is 12.1. The number of aryl methyl sites for hydroxylation is 1. The van der Waals surface area contributed by atoms with Crippen molar-refractivity contribution in [3.8, 4) is 0 Å². The van der Waals surface area contributed by atoms with E-state index in [2.05, 4.69) is 26.6 Å². The van der Waals surface area contributed by atoms with Crippen LogP contribution < -0.4 is 10.6 Å². The van der Waals surface area contributed by atoms with Gasteiger partial charge in [-0.25, -0.2) is 0 Å². The summed E-state index contributed by atoms with van der Waals surface area (Å²) >= 11 is 4.97. The summed E-state index contributed by atoms with van der Waals surface area (Å²) in [5.74, 6) is -0.729. The van der Waals surface area contributed by atoms with E-state index in [1.165, 1.54) is 0 Å². The molecule has 142 valence electrons. The lowest BCUT2D eigenvalue weighted by molar-refractivity contribution is -0.124. The first-order valence-electron chi connectivity index (χ1n) is 8.39. The molecule has 0 unspecified atom stereocenters. The van der Waals surface area contributed by atoms with Crippen LogP contribution in [0.1, 0.15) is 28.8 Å². The standard InChI is InChI=1S/C20H21BrN2O3S/c1-13-11-15(21)5-8-17(13)23-20(26)12-22-19(25)10-9-18(24)14-3-6-16(27-2)7-4-14/h3-8,11H,9-10,12H2,1-2H3,(H,22,25)(H,23,26). The Morgan fingerprint density at radius 3 is 2.33 bits per heavy atom. The third-order valence-electron chi connectivity index (χ3n) is 3.90. The molecule has 2 aromatic rings. The Kier molecular flexibility index (Phi) is 8.06. The van der Waals surface area contributed by atoms with Gasteiger partial charge in [0.2, 0.25) is 11.8 Å². The highest BCUT2D eigenvalue weighted by molar-refractivity contribution is 9.10. The first-order valence-corrected chi connectivity index (χ1v) is 10.4. The lowest BCUT2D eigenvalue weighted by atomic mass is 10.1. The molecule has 7 heteroatoms. The van der Waals surface area contributed by atoms with Crippen molar-refractivity contribution in [2.24, 2.45) is 0 Å². The zero-order valence-corrected chi connectivity index (χ0v) is 17.6. The van der Waals surface area contributed by atoms with Crippen molar-refractivity contribution in [1.29, 1.82) is 0 Å². The van der Waals surface area contributed by atoms with Gasteiger partial charge in [0.05, 0.1) is 6.54 Å². The number of hydrogen-bond donors (Lipinski definition) is 2. The Bertz CT molecular complexity index is 838. The topological polar surface area (TPSA) is 75.3 Å². The first kappa shape index (κ1) is 21.2. The highest BCUT2D eigenvalue weighted by atomic mass is 79.9. The number of nitrogens with one attached hydrogen (secondary N) is 2. The highest BCUT2D eigenvalue weighted by Crippen LogP contribution is 2.20. The van der Waals surface area contributed by atoms with E-state index >= 15 is 0 Å². The number of hydrogen-bond acceptors (Lipinski definition) is 4. The van der Waals surface area contributed by atoms with Crippen molar-refractivity contribution in [1.82, 2.24) is 5.32 Å². The summed E-state index contributed by atoms with van der Waals surface area (Å²) in [5.41, 5.74) is 2.20. The smallest absolute Gasteiger partial charge is 0.243 e. The van der Waals surface area contributed by atoms with E-state index in [-0.39, 0.29) is 37.0 Å². The van der Waals surface area contributed by atoms with Gasteiger partial charge in [0.25, 0.3) is 0 Å². The second-order valence-electron chi connectivity index (χ2n) is 5.94. The van der Waals surface area contributed by atoms with Crippen molar-refractivity contribution < 1.29 is 14.4 Å². The van der Waals surface area contributed by atoms with Crippen LogP contribution in [0.4, 0.5) is 5.69 Å². The largest absolute Gasteiger partial charge is 0.347 e. The summed E-state index contributed by atoms with van der Waals surface area (Å²) in [6.07, 6.45) is 2.13. The molecule has 0 heterocycles. The maximum Gasteiger partial charge on any atom is 0.243 e. The number of Topliss-reactive ketones (excluding diaryl/α,β-unsaturated/α-hetero) is 1. The summed E-state index contributed by atoms with van der Waals surface area (Å²) < 4.78 is 0.930. The summed E-state index contributed by atoms with van der Waals surface area (Å²) in [4.78, 5) is 37.1. The molecule has 2 aromatic carbocycles. The fourth-order valence-corrected chi connectivity index (χ4v) is 3.26. The van der Waals surface area contributed by atoms with Gasteiger partial charge in [-0.2, -0.15) is 0 Å². The van der Waals surface area contributed by atoms with Crippen LogP contribution in [0.2, 0.25) is 0 Å². The Morgan fingerprint density at radius 1 is 1.00 bits per heavy atom. The van der Waals surface area contributed by atoms with Crippen LogP contribution in [0.3, 0.4) is 0 Å². The van der Waals surface area contributed by atoms with Crippen LogP contribution in [-0.4, -0.2) is 30.4 Å². The number of halogens is 1. The monoisotopic (exact) mass is 448 g/mol. The van der Waals surface area contributed by atoms with Gasteiger partial charge in [-0.05, 0) is 49.1 Å². The van der Waals surface area contributed by atoms with Gasteiger partial charge >= 0.3 is 0 Å². The lowest BCUT2D eigenvalue weighted by Crippen LogP contribution is -2.33. The molecule has 0 fully saturated rings. The van der Waals surface area contributed by atoms with Crippen LogP contribution in [0.25, 0.3) is 0 Å². The predicted molar refractivity (Wildman–Crippen MR) is 112 cm³/mol. The first-order chi connectivity index (χ1) is 12.9.